The van der Waals surface area contributed by atoms with Gasteiger partial charge in [0.25, 0.3) is 0 Å². The molecule has 1 heterocycles. The predicted octanol–water partition coefficient (Wildman–Crippen LogP) is 3.53. The van der Waals surface area contributed by atoms with Crippen molar-refractivity contribution in [3.63, 3.8) is 0 Å². The summed E-state index contributed by atoms with van der Waals surface area (Å²) in [6.45, 7) is 8.02. The van der Waals surface area contributed by atoms with Crippen molar-refractivity contribution in [2.24, 2.45) is 10.9 Å². The Labute approximate surface area is 182 Å². The summed E-state index contributed by atoms with van der Waals surface area (Å²) < 4.78 is 5.19. The monoisotopic (exact) mass is 488 g/mol. The molecule has 27 heavy (non-hydrogen) atoms. The van der Waals surface area contributed by atoms with E-state index in [2.05, 4.69) is 39.6 Å². The third-order valence-corrected chi connectivity index (χ3v) is 5.16. The van der Waals surface area contributed by atoms with Crippen LogP contribution in [-0.4, -0.2) is 57.7 Å². The van der Waals surface area contributed by atoms with E-state index in [-0.39, 0.29) is 24.0 Å². The average molecular weight is 488 g/mol. The van der Waals surface area contributed by atoms with Crippen LogP contribution in [0.5, 0.6) is 5.75 Å². The van der Waals surface area contributed by atoms with Crippen molar-refractivity contribution in [3.8, 4) is 5.75 Å². The number of guanidine groups is 1. The number of piperidine rings is 1. The first-order valence-corrected chi connectivity index (χ1v) is 10.0. The van der Waals surface area contributed by atoms with E-state index in [9.17, 15) is 0 Å². The standard InChI is InChI=1S/C21H36N4O.HI/c1-18-11-16-25(17-12-18)15-5-4-13-23-21(22-2)24-14-10-19-6-8-20(26-3)9-7-19;/h6-9,18H,4-5,10-17H2,1-3H3,(H2,22,23,24);1H. The highest BCUT2D eigenvalue weighted by atomic mass is 127. The van der Waals surface area contributed by atoms with E-state index in [1.807, 2.05) is 19.2 Å². The highest BCUT2D eigenvalue weighted by molar-refractivity contribution is 14.0. The van der Waals surface area contributed by atoms with Crippen LogP contribution in [0, 0.1) is 5.92 Å². The number of benzene rings is 1. The molecule has 0 unspecified atom stereocenters. The van der Waals surface area contributed by atoms with Crippen LogP contribution in [-0.2, 0) is 6.42 Å². The summed E-state index contributed by atoms with van der Waals surface area (Å²) in [5.74, 6) is 2.71. The quantitative estimate of drug-likeness (QED) is 0.242. The van der Waals surface area contributed by atoms with Crippen molar-refractivity contribution in [2.45, 2.75) is 39.0 Å². The fraction of sp³-hybridized carbons (Fsp3) is 0.667. The molecule has 0 aromatic heterocycles. The van der Waals surface area contributed by atoms with Crippen LogP contribution in [0.15, 0.2) is 29.3 Å². The average Bonchev–Trinajstić information content (AvgIpc) is 2.68. The fourth-order valence-corrected chi connectivity index (χ4v) is 3.29. The second kappa shape index (κ2) is 14.0. The number of ether oxygens (including phenoxy) is 1. The maximum atomic E-state index is 5.19. The molecule has 0 aliphatic carbocycles. The summed E-state index contributed by atoms with van der Waals surface area (Å²) in [4.78, 5) is 6.92. The molecule has 0 amide bonds. The van der Waals surface area contributed by atoms with Crippen LogP contribution in [0.2, 0.25) is 0 Å². The maximum absolute atomic E-state index is 5.19. The Bertz CT molecular complexity index is 527. The van der Waals surface area contributed by atoms with E-state index in [0.717, 1.165) is 37.1 Å². The van der Waals surface area contributed by atoms with E-state index in [4.69, 9.17) is 4.74 Å². The molecule has 1 aromatic rings. The summed E-state index contributed by atoms with van der Waals surface area (Å²) in [5, 5.41) is 6.81. The molecule has 5 nitrogen and oxygen atoms in total. The number of rotatable bonds is 9. The largest absolute Gasteiger partial charge is 0.497 e. The summed E-state index contributed by atoms with van der Waals surface area (Å²) in [5.41, 5.74) is 1.30. The molecule has 2 rings (SSSR count). The van der Waals surface area contributed by atoms with Gasteiger partial charge in [-0.1, -0.05) is 19.1 Å². The van der Waals surface area contributed by atoms with E-state index >= 15 is 0 Å². The Hall–Kier alpha value is -1.02. The van der Waals surface area contributed by atoms with Crippen molar-refractivity contribution in [2.75, 3.05) is 46.9 Å². The second-order valence-corrected chi connectivity index (χ2v) is 7.26. The van der Waals surface area contributed by atoms with Gasteiger partial charge < -0.3 is 20.3 Å². The lowest BCUT2D eigenvalue weighted by molar-refractivity contribution is 0.189. The molecule has 1 fully saturated rings. The van der Waals surface area contributed by atoms with Crippen LogP contribution in [0.4, 0.5) is 0 Å². The first kappa shape index (κ1) is 24.0. The number of hydrogen-bond acceptors (Lipinski definition) is 3. The van der Waals surface area contributed by atoms with Crippen molar-refractivity contribution in [3.05, 3.63) is 29.8 Å². The number of halogens is 1. The number of nitrogens with one attached hydrogen (secondary N) is 2. The first-order valence-electron chi connectivity index (χ1n) is 10.0. The Morgan fingerprint density at radius 3 is 2.41 bits per heavy atom. The third-order valence-electron chi connectivity index (χ3n) is 5.16. The zero-order chi connectivity index (χ0) is 18.6. The molecular weight excluding hydrogens is 451 g/mol. The predicted molar refractivity (Wildman–Crippen MR) is 126 cm³/mol. The second-order valence-electron chi connectivity index (χ2n) is 7.26. The van der Waals surface area contributed by atoms with Gasteiger partial charge in [0.2, 0.25) is 0 Å². The van der Waals surface area contributed by atoms with Gasteiger partial charge in [-0.3, -0.25) is 4.99 Å². The number of nitrogens with zero attached hydrogens (tertiary/aromatic N) is 2. The number of hydrogen-bond donors (Lipinski definition) is 2. The van der Waals surface area contributed by atoms with Gasteiger partial charge in [0, 0.05) is 20.1 Å². The van der Waals surface area contributed by atoms with Crippen molar-refractivity contribution >= 4 is 29.9 Å². The van der Waals surface area contributed by atoms with E-state index in [1.54, 1.807) is 7.11 Å². The summed E-state index contributed by atoms with van der Waals surface area (Å²) in [7, 11) is 3.52. The van der Waals surface area contributed by atoms with Crippen LogP contribution in [0.1, 0.15) is 38.2 Å². The highest BCUT2D eigenvalue weighted by Gasteiger charge is 2.14. The molecule has 0 bridgehead atoms. The molecule has 154 valence electrons. The normalized spacial score (nSPS) is 15.9. The Kier molecular flexibility index (Phi) is 12.5. The van der Waals surface area contributed by atoms with E-state index in [1.165, 1.54) is 50.9 Å². The Morgan fingerprint density at radius 2 is 1.78 bits per heavy atom. The van der Waals surface area contributed by atoms with Gasteiger partial charge in [-0.2, -0.15) is 0 Å². The van der Waals surface area contributed by atoms with Crippen LogP contribution >= 0.6 is 24.0 Å². The number of methoxy groups -OCH3 is 1. The van der Waals surface area contributed by atoms with Gasteiger partial charge in [0.05, 0.1) is 7.11 Å². The lowest BCUT2D eigenvalue weighted by Crippen LogP contribution is -2.39. The number of likely N-dealkylation sites (tertiary alicyclic amines) is 1. The van der Waals surface area contributed by atoms with E-state index < -0.39 is 0 Å². The van der Waals surface area contributed by atoms with Gasteiger partial charge in [0.15, 0.2) is 5.96 Å². The Balaban J connectivity index is 0.00000364. The molecule has 2 N–H and O–H groups in total. The minimum absolute atomic E-state index is 0. The minimum Gasteiger partial charge on any atom is -0.497 e. The molecule has 1 aliphatic rings. The zero-order valence-corrected chi connectivity index (χ0v) is 19.5. The molecule has 0 atom stereocenters. The molecular formula is C21H37IN4O. The maximum Gasteiger partial charge on any atom is 0.190 e. The van der Waals surface area contributed by atoms with Crippen LogP contribution in [0.25, 0.3) is 0 Å². The fourth-order valence-electron chi connectivity index (χ4n) is 3.29. The zero-order valence-electron chi connectivity index (χ0n) is 17.2. The third kappa shape index (κ3) is 9.65. The molecule has 1 aromatic carbocycles. The molecule has 1 aliphatic heterocycles. The van der Waals surface area contributed by atoms with Gasteiger partial charge in [-0.05, 0) is 75.4 Å². The van der Waals surface area contributed by atoms with Crippen LogP contribution < -0.4 is 15.4 Å². The minimum atomic E-state index is 0. The molecule has 1 saturated heterocycles. The SMILES string of the molecule is CN=C(NCCCCN1CCC(C)CC1)NCCc1ccc(OC)cc1.I. The summed E-state index contributed by atoms with van der Waals surface area (Å²) in [6.07, 6.45) is 6.14. The lowest BCUT2D eigenvalue weighted by Gasteiger charge is -2.30. The molecule has 0 saturated carbocycles. The summed E-state index contributed by atoms with van der Waals surface area (Å²) >= 11 is 0. The van der Waals surface area contributed by atoms with E-state index in [0.29, 0.717) is 0 Å². The van der Waals surface area contributed by atoms with Gasteiger partial charge in [-0.15, -0.1) is 24.0 Å². The van der Waals surface area contributed by atoms with Crippen molar-refractivity contribution < 1.29 is 4.74 Å². The lowest BCUT2D eigenvalue weighted by atomic mass is 9.99. The molecule has 0 spiro atoms. The van der Waals surface area contributed by atoms with Gasteiger partial charge >= 0.3 is 0 Å². The topological polar surface area (TPSA) is 48.9 Å². The van der Waals surface area contributed by atoms with Crippen LogP contribution in [0.3, 0.4) is 0 Å². The Morgan fingerprint density at radius 1 is 1.11 bits per heavy atom. The number of unbranched alkanes of at least 4 members (excludes halogenated alkanes) is 1. The van der Waals surface area contributed by atoms with Gasteiger partial charge in [0.1, 0.15) is 5.75 Å². The van der Waals surface area contributed by atoms with Crippen molar-refractivity contribution in [1.29, 1.82) is 0 Å². The first-order chi connectivity index (χ1) is 12.7. The molecule has 6 heteroatoms. The van der Waals surface area contributed by atoms with Gasteiger partial charge in [-0.25, -0.2) is 0 Å². The highest BCUT2D eigenvalue weighted by Crippen LogP contribution is 2.16. The molecule has 0 radical (unpaired) electrons. The van der Waals surface area contributed by atoms with Crippen molar-refractivity contribution in [1.82, 2.24) is 15.5 Å². The smallest absolute Gasteiger partial charge is 0.190 e. The summed E-state index contributed by atoms with van der Waals surface area (Å²) in [6, 6.07) is 8.23. The number of aliphatic imine (C=N–C) groups is 1.